The smallest absolute Gasteiger partial charge is 0.129 e. The molecule has 1 aromatic heterocycles. The number of pyridine rings is 1. The van der Waals surface area contributed by atoms with Crippen molar-refractivity contribution in [3.63, 3.8) is 0 Å². The minimum atomic E-state index is 0.324. The van der Waals surface area contributed by atoms with Crippen molar-refractivity contribution in [2.45, 2.75) is 19.8 Å². The lowest BCUT2D eigenvalue weighted by Crippen LogP contribution is -2.05. The monoisotopic (exact) mass is 210 g/mol. The third-order valence-corrected chi connectivity index (χ3v) is 3.64. The van der Waals surface area contributed by atoms with Gasteiger partial charge in [-0.2, -0.15) is 0 Å². The Labute approximate surface area is 89.5 Å². The van der Waals surface area contributed by atoms with Gasteiger partial charge in [0.2, 0.25) is 0 Å². The first-order chi connectivity index (χ1) is 6.57. The topological polar surface area (TPSA) is 38.9 Å². The predicted molar refractivity (Wildman–Crippen MR) is 58.3 cm³/mol. The second-order valence-corrected chi connectivity index (χ2v) is 4.94. The molecule has 0 spiro atoms. The summed E-state index contributed by atoms with van der Waals surface area (Å²) >= 11 is 5.74. The molecule has 2 unspecified atom stereocenters. The largest absolute Gasteiger partial charge is 0.330 e. The summed E-state index contributed by atoms with van der Waals surface area (Å²) in [6.45, 7) is 5.26. The van der Waals surface area contributed by atoms with Gasteiger partial charge in [-0.3, -0.25) is 0 Å². The predicted octanol–water partition coefficient (Wildman–Crippen LogP) is 2.43. The number of nitrogens with zero attached hydrogens (tertiary/aromatic N) is 1. The normalized spacial score (nSPS) is 28.9. The maximum Gasteiger partial charge on any atom is 0.129 e. The Morgan fingerprint density at radius 2 is 2.21 bits per heavy atom. The lowest BCUT2D eigenvalue weighted by Gasteiger charge is -2.02. The maximum absolute atomic E-state index is 5.74. The van der Waals surface area contributed by atoms with E-state index in [0.717, 1.165) is 6.54 Å². The lowest BCUT2D eigenvalue weighted by atomic mass is 10.1. The van der Waals surface area contributed by atoms with E-state index in [-0.39, 0.29) is 0 Å². The second kappa shape index (κ2) is 3.21. The zero-order chi connectivity index (χ0) is 10.3. The van der Waals surface area contributed by atoms with Gasteiger partial charge >= 0.3 is 0 Å². The molecule has 1 aliphatic carbocycles. The number of hydrogen-bond acceptors (Lipinski definition) is 2. The first kappa shape index (κ1) is 9.94. The fraction of sp³-hybridized carbons (Fsp3) is 0.545. The quantitative estimate of drug-likeness (QED) is 0.762. The molecule has 0 saturated heterocycles. The molecule has 1 heterocycles. The van der Waals surface area contributed by atoms with Crippen LogP contribution in [0.3, 0.4) is 0 Å². The van der Waals surface area contributed by atoms with Gasteiger partial charge in [0, 0.05) is 6.20 Å². The molecule has 1 aromatic rings. The van der Waals surface area contributed by atoms with Crippen LogP contribution >= 0.6 is 11.6 Å². The van der Waals surface area contributed by atoms with Gasteiger partial charge in [0.15, 0.2) is 0 Å². The molecule has 3 heteroatoms. The average molecular weight is 211 g/mol. The molecule has 2 rings (SSSR count). The van der Waals surface area contributed by atoms with Crippen LogP contribution in [0.15, 0.2) is 18.3 Å². The fourth-order valence-corrected chi connectivity index (χ4v) is 2.53. The van der Waals surface area contributed by atoms with Gasteiger partial charge in [-0.1, -0.05) is 31.5 Å². The lowest BCUT2D eigenvalue weighted by molar-refractivity contribution is 0.558. The molecule has 14 heavy (non-hydrogen) atoms. The molecule has 0 bridgehead atoms. The molecule has 0 aromatic carbocycles. The minimum absolute atomic E-state index is 0.324. The van der Waals surface area contributed by atoms with Crippen molar-refractivity contribution in [2.24, 2.45) is 17.1 Å². The van der Waals surface area contributed by atoms with Crippen LogP contribution in [0.1, 0.15) is 25.3 Å². The van der Waals surface area contributed by atoms with Crippen molar-refractivity contribution in [3.8, 4) is 0 Å². The summed E-state index contributed by atoms with van der Waals surface area (Å²) in [6.07, 6.45) is 1.87. The molecule has 2 N–H and O–H groups in total. The zero-order valence-electron chi connectivity index (χ0n) is 8.50. The maximum atomic E-state index is 5.74. The Balaban J connectivity index is 2.22. The summed E-state index contributed by atoms with van der Waals surface area (Å²) in [5.41, 5.74) is 7.30. The Kier molecular flexibility index (Phi) is 2.28. The van der Waals surface area contributed by atoms with E-state index < -0.39 is 0 Å². The van der Waals surface area contributed by atoms with Gasteiger partial charge < -0.3 is 5.73 Å². The average Bonchev–Trinajstić information content (AvgIpc) is 2.69. The molecule has 2 nitrogen and oxygen atoms in total. The van der Waals surface area contributed by atoms with Gasteiger partial charge in [0.05, 0.1) is 0 Å². The first-order valence-corrected chi connectivity index (χ1v) is 5.26. The van der Waals surface area contributed by atoms with Crippen LogP contribution in [0.4, 0.5) is 0 Å². The van der Waals surface area contributed by atoms with E-state index in [1.165, 1.54) is 5.56 Å². The van der Waals surface area contributed by atoms with Gasteiger partial charge in [-0.05, 0) is 35.4 Å². The van der Waals surface area contributed by atoms with E-state index in [9.17, 15) is 0 Å². The van der Waals surface area contributed by atoms with Crippen molar-refractivity contribution in [1.82, 2.24) is 4.98 Å². The van der Waals surface area contributed by atoms with E-state index in [1.807, 2.05) is 12.3 Å². The molecule has 76 valence electrons. The highest BCUT2D eigenvalue weighted by Gasteiger charge is 2.57. The fourth-order valence-electron chi connectivity index (χ4n) is 2.42. The molecule has 2 atom stereocenters. The Morgan fingerprint density at radius 1 is 1.50 bits per heavy atom. The molecule has 0 aliphatic heterocycles. The second-order valence-electron chi connectivity index (χ2n) is 4.56. The number of hydrogen-bond donors (Lipinski definition) is 1. The Morgan fingerprint density at radius 3 is 2.64 bits per heavy atom. The standard InChI is InChI=1S/C11H15ClN2/c1-11(2)8(5-13)10(11)7-3-4-9(12)14-6-7/h3-4,6,8,10H,5,13H2,1-2H3. The van der Waals surface area contributed by atoms with E-state index >= 15 is 0 Å². The van der Waals surface area contributed by atoms with E-state index in [4.69, 9.17) is 17.3 Å². The highest BCUT2D eigenvalue weighted by Crippen LogP contribution is 2.63. The molecule has 1 fully saturated rings. The summed E-state index contributed by atoms with van der Waals surface area (Å²) in [6, 6.07) is 3.90. The number of nitrogens with two attached hydrogens (primary N) is 1. The molecule has 1 aliphatic rings. The molecular weight excluding hydrogens is 196 g/mol. The molecule has 0 amide bonds. The van der Waals surface area contributed by atoms with Gasteiger partial charge in [0.25, 0.3) is 0 Å². The molecular formula is C11H15ClN2. The summed E-state index contributed by atoms with van der Waals surface area (Å²) < 4.78 is 0. The van der Waals surface area contributed by atoms with Crippen LogP contribution in [-0.4, -0.2) is 11.5 Å². The van der Waals surface area contributed by atoms with Crippen LogP contribution < -0.4 is 5.73 Å². The van der Waals surface area contributed by atoms with Crippen molar-refractivity contribution in [1.29, 1.82) is 0 Å². The van der Waals surface area contributed by atoms with Crippen molar-refractivity contribution in [2.75, 3.05) is 6.54 Å². The van der Waals surface area contributed by atoms with Gasteiger partial charge in [-0.15, -0.1) is 0 Å². The minimum Gasteiger partial charge on any atom is -0.330 e. The summed E-state index contributed by atoms with van der Waals surface area (Å²) in [7, 11) is 0. The number of rotatable bonds is 2. The van der Waals surface area contributed by atoms with Crippen LogP contribution in [-0.2, 0) is 0 Å². The van der Waals surface area contributed by atoms with Gasteiger partial charge in [-0.25, -0.2) is 4.98 Å². The Bertz CT molecular complexity index is 332. The molecule has 1 saturated carbocycles. The van der Waals surface area contributed by atoms with E-state index in [1.54, 1.807) is 0 Å². The SMILES string of the molecule is CC1(C)C(CN)C1c1ccc(Cl)nc1. The summed E-state index contributed by atoms with van der Waals surface area (Å²) in [4.78, 5) is 4.10. The molecule has 0 radical (unpaired) electrons. The Hall–Kier alpha value is -0.600. The highest BCUT2D eigenvalue weighted by atomic mass is 35.5. The van der Waals surface area contributed by atoms with Crippen molar-refractivity contribution in [3.05, 3.63) is 29.0 Å². The number of aromatic nitrogens is 1. The van der Waals surface area contributed by atoms with Crippen LogP contribution in [0.2, 0.25) is 5.15 Å². The summed E-state index contributed by atoms with van der Waals surface area (Å²) in [5, 5.41) is 0.552. The van der Waals surface area contributed by atoms with Crippen molar-refractivity contribution < 1.29 is 0 Å². The van der Waals surface area contributed by atoms with E-state index in [0.29, 0.717) is 22.4 Å². The number of halogens is 1. The van der Waals surface area contributed by atoms with Crippen LogP contribution in [0, 0.1) is 11.3 Å². The third-order valence-electron chi connectivity index (χ3n) is 3.41. The first-order valence-electron chi connectivity index (χ1n) is 4.89. The van der Waals surface area contributed by atoms with Crippen LogP contribution in [0.5, 0.6) is 0 Å². The van der Waals surface area contributed by atoms with Crippen LogP contribution in [0.25, 0.3) is 0 Å². The zero-order valence-corrected chi connectivity index (χ0v) is 9.25. The third kappa shape index (κ3) is 1.43. The van der Waals surface area contributed by atoms with Gasteiger partial charge in [0.1, 0.15) is 5.15 Å². The van der Waals surface area contributed by atoms with E-state index in [2.05, 4.69) is 24.9 Å². The highest BCUT2D eigenvalue weighted by molar-refractivity contribution is 6.29. The summed E-state index contributed by atoms with van der Waals surface area (Å²) in [5.74, 6) is 1.14. The van der Waals surface area contributed by atoms with Crippen molar-refractivity contribution >= 4 is 11.6 Å².